The van der Waals surface area contributed by atoms with Crippen LogP contribution < -0.4 is 0 Å². The lowest BCUT2D eigenvalue weighted by Crippen LogP contribution is -2.58. The van der Waals surface area contributed by atoms with Crippen molar-refractivity contribution >= 4 is 39.5 Å². The first-order chi connectivity index (χ1) is 7.86. The van der Waals surface area contributed by atoms with Crippen LogP contribution in [0.15, 0.2) is 15.2 Å². The van der Waals surface area contributed by atoms with E-state index in [1.807, 2.05) is 0 Å². The van der Waals surface area contributed by atoms with Gasteiger partial charge in [-0.1, -0.05) is 0 Å². The highest BCUT2D eigenvalue weighted by Gasteiger charge is 2.46. The fourth-order valence-corrected chi connectivity index (χ4v) is 2.02. The number of aliphatic imine (C=N–C) groups is 1. The molecule has 90 valence electrons. The molecule has 1 saturated heterocycles. The minimum Gasteiger partial charge on any atom is -0.510 e. The number of carbonyl (C=O) groups is 2. The Labute approximate surface area is 105 Å². The molecule has 0 saturated carbocycles. The summed E-state index contributed by atoms with van der Waals surface area (Å²) < 4.78 is 0.0655. The van der Waals surface area contributed by atoms with Crippen molar-refractivity contribution < 1.29 is 14.7 Å². The molecule has 1 fully saturated rings. The molecule has 0 aromatic carbocycles. The third-order valence-corrected chi connectivity index (χ3v) is 3.47. The Bertz CT molecular complexity index is 510. The van der Waals surface area contributed by atoms with E-state index in [0.29, 0.717) is 0 Å². The van der Waals surface area contributed by atoms with Gasteiger partial charge in [-0.05, 0) is 15.9 Å². The lowest BCUT2D eigenvalue weighted by molar-refractivity contribution is -0.130. The molecule has 2 aliphatic heterocycles. The summed E-state index contributed by atoms with van der Waals surface area (Å²) in [5, 5.41) is 17.4. The summed E-state index contributed by atoms with van der Waals surface area (Å²) in [5.74, 6) is -2.02. The molecule has 2 heterocycles. The van der Waals surface area contributed by atoms with Gasteiger partial charge < -0.3 is 5.11 Å². The normalized spacial score (nSPS) is 25.2. The number of nitrogens with one attached hydrogen (secondary N) is 1. The zero-order valence-corrected chi connectivity index (χ0v) is 10.6. The van der Waals surface area contributed by atoms with E-state index in [0.717, 1.165) is 9.80 Å². The third-order valence-electron chi connectivity index (χ3n) is 2.69. The molecule has 0 radical (unpaired) electrons. The van der Waals surface area contributed by atoms with E-state index in [4.69, 9.17) is 5.41 Å². The van der Waals surface area contributed by atoms with Gasteiger partial charge in [0.25, 0.3) is 0 Å². The number of nitrogens with zero attached hydrogens (tertiary/aromatic N) is 3. The number of carbonyl (C=O) groups excluding carboxylic acids is 2. The standard InChI is InChI=1S/C9H9BrN4O3/c1-13-7-3(8(16)14(2)9(13)17)5(15)4(10)6(11)12-7/h3,11,15H,1-2H3. The van der Waals surface area contributed by atoms with Crippen molar-refractivity contribution in [2.75, 3.05) is 14.1 Å². The molecule has 7 nitrogen and oxygen atoms in total. The van der Waals surface area contributed by atoms with Crippen LogP contribution in [0.4, 0.5) is 4.79 Å². The van der Waals surface area contributed by atoms with E-state index in [-0.39, 0.29) is 21.9 Å². The fraction of sp³-hybridized carbons (Fsp3) is 0.333. The topological polar surface area (TPSA) is 97.1 Å². The van der Waals surface area contributed by atoms with Crippen LogP contribution in [-0.4, -0.2) is 52.6 Å². The van der Waals surface area contributed by atoms with Crippen molar-refractivity contribution in [3.8, 4) is 0 Å². The second-order valence-electron chi connectivity index (χ2n) is 3.69. The first kappa shape index (κ1) is 11.8. The first-order valence-electron chi connectivity index (χ1n) is 4.67. The maximum atomic E-state index is 11.9. The largest absolute Gasteiger partial charge is 0.510 e. The number of amidine groups is 2. The molecule has 2 aliphatic rings. The molecule has 8 heteroatoms. The molecule has 17 heavy (non-hydrogen) atoms. The summed E-state index contributed by atoms with van der Waals surface area (Å²) in [6.45, 7) is 0. The predicted octanol–water partition coefficient (Wildman–Crippen LogP) is 0.680. The number of aliphatic hydroxyl groups excluding tert-OH is 1. The van der Waals surface area contributed by atoms with Crippen molar-refractivity contribution in [1.29, 1.82) is 5.41 Å². The summed E-state index contributed by atoms with van der Waals surface area (Å²) >= 11 is 2.99. The molecular formula is C9H9BrN4O3. The summed E-state index contributed by atoms with van der Waals surface area (Å²) in [6.07, 6.45) is 0. The third kappa shape index (κ3) is 1.47. The molecule has 0 aliphatic carbocycles. The number of urea groups is 1. The highest BCUT2D eigenvalue weighted by molar-refractivity contribution is 9.12. The first-order valence-corrected chi connectivity index (χ1v) is 5.47. The number of fused-ring (bicyclic) bond motifs is 1. The molecular weight excluding hydrogens is 292 g/mol. The van der Waals surface area contributed by atoms with Gasteiger partial charge in [-0.3, -0.25) is 20.0 Å². The number of aliphatic hydroxyl groups is 1. The smallest absolute Gasteiger partial charge is 0.331 e. The van der Waals surface area contributed by atoms with Gasteiger partial charge in [-0.25, -0.2) is 9.79 Å². The van der Waals surface area contributed by atoms with Gasteiger partial charge in [0, 0.05) is 14.1 Å². The highest BCUT2D eigenvalue weighted by atomic mass is 79.9. The van der Waals surface area contributed by atoms with Crippen LogP contribution in [0, 0.1) is 11.3 Å². The van der Waals surface area contributed by atoms with Gasteiger partial charge in [-0.15, -0.1) is 0 Å². The summed E-state index contributed by atoms with van der Waals surface area (Å²) in [4.78, 5) is 29.5. The van der Waals surface area contributed by atoms with E-state index in [1.54, 1.807) is 0 Å². The van der Waals surface area contributed by atoms with Crippen LogP contribution in [0.25, 0.3) is 0 Å². The Morgan fingerprint density at radius 3 is 2.53 bits per heavy atom. The summed E-state index contributed by atoms with van der Waals surface area (Å²) in [6, 6.07) is -0.538. The second-order valence-corrected chi connectivity index (χ2v) is 4.48. The van der Waals surface area contributed by atoms with E-state index in [9.17, 15) is 14.7 Å². The van der Waals surface area contributed by atoms with E-state index in [2.05, 4.69) is 20.9 Å². The van der Waals surface area contributed by atoms with Crippen molar-refractivity contribution in [2.45, 2.75) is 0 Å². The number of imide groups is 1. The van der Waals surface area contributed by atoms with Crippen molar-refractivity contribution in [3.05, 3.63) is 10.2 Å². The lowest BCUT2D eigenvalue weighted by atomic mass is 9.98. The maximum absolute atomic E-state index is 11.9. The molecule has 2 rings (SSSR count). The Kier molecular flexibility index (Phi) is 2.53. The van der Waals surface area contributed by atoms with Gasteiger partial charge in [0.1, 0.15) is 16.1 Å². The van der Waals surface area contributed by atoms with Gasteiger partial charge in [-0.2, -0.15) is 0 Å². The monoisotopic (exact) mass is 300 g/mol. The van der Waals surface area contributed by atoms with E-state index < -0.39 is 17.9 Å². The average molecular weight is 301 g/mol. The Morgan fingerprint density at radius 1 is 1.35 bits per heavy atom. The predicted molar refractivity (Wildman–Crippen MR) is 63.2 cm³/mol. The Balaban J connectivity index is 2.57. The van der Waals surface area contributed by atoms with Crippen molar-refractivity contribution in [3.63, 3.8) is 0 Å². The number of halogens is 1. The number of hydrogen-bond donors (Lipinski definition) is 2. The van der Waals surface area contributed by atoms with Gasteiger partial charge in [0.2, 0.25) is 5.91 Å². The van der Waals surface area contributed by atoms with Crippen LogP contribution in [0.1, 0.15) is 0 Å². The molecule has 1 atom stereocenters. The zero-order chi connectivity index (χ0) is 12.9. The number of hydrogen-bond acceptors (Lipinski definition) is 4. The Morgan fingerprint density at radius 2 is 1.94 bits per heavy atom. The van der Waals surface area contributed by atoms with E-state index >= 15 is 0 Å². The SMILES string of the molecule is CN1C(=O)C2C(=NC(=N)C(Br)=C2O)N(C)C1=O. The second kappa shape index (κ2) is 3.66. The molecule has 3 amide bonds. The van der Waals surface area contributed by atoms with Gasteiger partial charge >= 0.3 is 6.03 Å². The average Bonchev–Trinajstić information content (AvgIpc) is 2.30. The van der Waals surface area contributed by atoms with Gasteiger partial charge in [0.05, 0.1) is 0 Å². The Hall–Kier alpha value is -1.70. The van der Waals surface area contributed by atoms with Crippen LogP contribution in [-0.2, 0) is 4.79 Å². The molecule has 0 spiro atoms. The molecule has 1 unspecified atom stereocenters. The minimum atomic E-state index is -1.02. The van der Waals surface area contributed by atoms with Crippen LogP contribution in [0.2, 0.25) is 0 Å². The van der Waals surface area contributed by atoms with Crippen molar-refractivity contribution in [1.82, 2.24) is 9.80 Å². The molecule has 2 N–H and O–H groups in total. The van der Waals surface area contributed by atoms with Crippen LogP contribution in [0.5, 0.6) is 0 Å². The minimum absolute atomic E-state index is 0.0655. The fourth-order valence-electron chi connectivity index (χ4n) is 1.71. The number of amides is 3. The molecule has 0 aromatic rings. The summed E-state index contributed by atoms with van der Waals surface area (Å²) in [5.41, 5.74) is 0. The number of rotatable bonds is 0. The summed E-state index contributed by atoms with van der Waals surface area (Å²) in [7, 11) is 2.77. The quantitative estimate of drug-likeness (QED) is 0.688. The van der Waals surface area contributed by atoms with Crippen LogP contribution in [0.3, 0.4) is 0 Å². The maximum Gasteiger partial charge on any atom is 0.331 e. The van der Waals surface area contributed by atoms with Gasteiger partial charge in [0.15, 0.2) is 11.8 Å². The lowest BCUT2D eigenvalue weighted by Gasteiger charge is -2.36. The van der Waals surface area contributed by atoms with Crippen molar-refractivity contribution in [2.24, 2.45) is 10.9 Å². The highest BCUT2D eigenvalue weighted by Crippen LogP contribution is 2.30. The number of dihydropyridines is 1. The zero-order valence-electron chi connectivity index (χ0n) is 9.06. The van der Waals surface area contributed by atoms with E-state index in [1.165, 1.54) is 14.1 Å². The molecule has 0 bridgehead atoms. The van der Waals surface area contributed by atoms with Crippen LogP contribution >= 0.6 is 15.9 Å². The molecule has 0 aromatic heterocycles.